The van der Waals surface area contributed by atoms with Crippen molar-refractivity contribution in [1.82, 2.24) is 5.32 Å². The standard InChI is InChI=1S/C24H25ClN2O3S2/c1-17-7-10-21(11-8-17)32(29,30)27-23-12-9-19(15-18(23)2)24(28)26-13-14-31-16-20-5-3-4-6-22(20)25/h3-12,15,27H,13-14,16H2,1-2H3,(H,26,28). The number of carbonyl (C=O) groups is 1. The molecule has 0 heterocycles. The number of nitrogens with one attached hydrogen (secondary N) is 2. The van der Waals surface area contributed by atoms with Crippen molar-refractivity contribution in [3.63, 3.8) is 0 Å². The number of carbonyl (C=O) groups excluding carboxylic acids is 1. The van der Waals surface area contributed by atoms with Gasteiger partial charge in [0.25, 0.3) is 15.9 Å². The molecule has 0 spiro atoms. The molecule has 0 fully saturated rings. The van der Waals surface area contributed by atoms with Gasteiger partial charge >= 0.3 is 0 Å². The SMILES string of the molecule is Cc1ccc(S(=O)(=O)Nc2ccc(C(=O)NCCSCc3ccccc3Cl)cc2C)cc1. The van der Waals surface area contributed by atoms with E-state index in [0.29, 0.717) is 23.4 Å². The predicted molar refractivity (Wildman–Crippen MR) is 133 cm³/mol. The van der Waals surface area contributed by atoms with E-state index in [1.807, 2.05) is 31.2 Å². The van der Waals surface area contributed by atoms with Crippen molar-refractivity contribution in [3.8, 4) is 0 Å². The maximum atomic E-state index is 12.6. The first-order valence-corrected chi connectivity index (χ1v) is 13.1. The van der Waals surface area contributed by atoms with Gasteiger partial charge in [-0.2, -0.15) is 11.8 Å². The summed E-state index contributed by atoms with van der Waals surface area (Å²) in [5.41, 5.74) is 3.65. The summed E-state index contributed by atoms with van der Waals surface area (Å²) >= 11 is 7.84. The fourth-order valence-corrected chi connectivity index (χ4v) is 5.25. The Hall–Kier alpha value is -2.48. The van der Waals surface area contributed by atoms with Gasteiger partial charge in [-0.3, -0.25) is 9.52 Å². The third-order valence-corrected chi connectivity index (χ3v) is 7.57. The summed E-state index contributed by atoms with van der Waals surface area (Å²) in [6, 6.07) is 19.3. The average Bonchev–Trinajstić information content (AvgIpc) is 2.76. The van der Waals surface area contributed by atoms with E-state index < -0.39 is 10.0 Å². The zero-order valence-corrected chi connectivity index (χ0v) is 20.3. The molecule has 3 aromatic carbocycles. The van der Waals surface area contributed by atoms with Gasteiger partial charge in [-0.25, -0.2) is 8.42 Å². The van der Waals surface area contributed by atoms with E-state index in [2.05, 4.69) is 10.0 Å². The molecule has 0 aliphatic carbocycles. The second-order valence-electron chi connectivity index (χ2n) is 7.35. The Morgan fingerprint density at radius 3 is 2.41 bits per heavy atom. The molecule has 3 rings (SSSR count). The van der Waals surface area contributed by atoms with Gasteiger partial charge in [-0.1, -0.05) is 47.5 Å². The molecule has 0 atom stereocenters. The Morgan fingerprint density at radius 1 is 1.00 bits per heavy atom. The van der Waals surface area contributed by atoms with Gasteiger partial charge in [0.15, 0.2) is 0 Å². The first-order valence-electron chi connectivity index (χ1n) is 10.1. The fraction of sp³-hybridized carbons (Fsp3) is 0.208. The molecule has 0 saturated heterocycles. The number of anilines is 1. The van der Waals surface area contributed by atoms with Crippen LogP contribution in [0.5, 0.6) is 0 Å². The van der Waals surface area contributed by atoms with Crippen molar-refractivity contribution < 1.29 is 13.2 Å². The molecule has 5 nitrogen and oxygen atoms in total. The molecular formula is C24H25ClN2O3S2. The summed E-state index contributed by atoms with van der Waals surface area (Å²) < 4.78 is 27.8. The van der Waals surface area contributed by atoms with E-state index in [4.69, 9.17) is 11.6 Å². The zero-order chi connectivity index (χ0) is 23.1. The van der Waals surface area contributed by atoms with Gasteiger partial charge in [-0.05, 0) is 61.4 Å². The van der Waals surface area contributed by atoms with Crippen LogP contribution in [0.15, 0.2) is 71.6 Å². The molecular weight excluding hydrogens is 464 g/mol. The highest BCUT2D eigenvalue weighted by Gasteiger charge is 2.16. The zero-order valence-electron chi connectivity index (χ0n) is 17.9. The monoisotopic (exact) mass is 488 g/mol. The minimum absolute atomic E-state index is 0.193. The Balaban J connectivity index is 1.53. The van der Waals surface area contributed by atoms with Crippen LogP contribution in [-0.4, -0.2) is 26.6 Å². The molecule has 0 aliphatic heterocycles. The summed E-state index contributed by atoms with van der Waals surface area (Å²) in [6.07, 6.45) is 0. The van der Waals surface area contributed by atoms with Crippen LogP contribution < -0.4 is 10.0 Å². The van der Waals surface area contributed by atoms with Crippen LogP contribution in [0.2, 0.25) is 5.02 Å². The molecule has 8 heteroatoms. The minimum Gasteiger partial charge on any atom is -0.351 e. The topological polar surface area (TPSA) is 75.3 Å². The number of halogens is 1. The predicted octanol–water partition coefficient (Wildman–Crippen LogP) is 5.42. The van der Waals surface area contributed by atoms with Crippen LogP contribution in [0.4, 0.5) is 5.69 Å². The van der Waals surface area contributed by atoms with Gasteiger partial charge < -0.3 is 5.32 Å². The van der Waals surface area contributed by atoms with Crippen molar-refractivity contribution in [1.29, 1.82) is 0 Å². The van der Waals surface area contributed by atoms with E-state index in [1.165, 1.54) is 0 Å². The normalized spacial score (nSPS) is 11.2. The molecule has 0 aromatic heterocycles. The Morgan fingerprint density at radius 2 is 1.72 bits per heavy atom. The molecule has 1 amide bonds. The van der Waals surface area contributed by atoms with E-state index in [-0.39, 0.29) is 10.8 Å². The van der Waals surface area contributed by atoms with Gasteiger partial charge in [0.05, 0.1) is 10.6 Å². The molecule has 3 aromatic rings. The smallest absolute Gasteiger partial charge is 0.261 e. The number of hydrogen-bond acceptors (Lipinski definition) is 4. The largest absolute Gasteiger partial charge is 0.351 e. The summed E-state index contributed by atoms with van der Waals surface area (Å²) in [5.74, 6) is 1.34. The molecule has 0 bridgehead atoms. The van der Waals surface area contributed by atoms with E-state index in [1.54, 1.807) is 61.2 Å². The van der Waals surface area contributed by atoms with Crippen molar-refractivity contribution in [3.05, 3.63) is 94.0 Å². The first kappa shape index (κ1) is 24.2. The van der Waals surface area contributed by atoms with Crippen LogP contribution in [-0.2, 0) is 15.8 Å². The number of hydrogen-bond donors (Lipinski definition) is 2. The first-order chi connectivity index (χ1) is 15.3. The van der Waals surface area contributed by atoms with Gasteiger partial charge in [0.1, 0.15) is 0 Å². The summed E-state index contributed by atoms with van der Waals surface area (Å²) in [4.78, 5) is 12.6. The molecule has 32 heavy (non-hydrogen) atoms. The van der Waals surface area contributed by atoms with Crippen LogP contribution in [0.1, 0.15) is 27.0 Å². The van der Waals surface area contributed by atoms with Gasteiger partial charge in [0, 0.05) is 28.6 Å². The summed E-state index contributed by atoms with van der Waals surface area (Å²) in [6.45, 7) is 4.19. The molecule has 0 radical (unpaired) electrons. The number of thioether (sulfide) groups is 1. The van der Waals surface area contributed by atoms with Gasteiger partial charge in [0.2, 0.25) is 0 Å². The highest BCUT2D eigenvalue weighted by molar-refractivity contribution is 7.98. The van der Waals surface area contributed by atoms with Crippen molar-refractivity contribution in [2.75, 3.05) is 17.0 Å². The second kappa shape index (κ2) is 10.9. The van der Waals surface area contributed by atoms with Crippen LogP contribution in [0.3, 0.4) is 0 Å². The number of rotatable bonds is 9. The van der Waals surface area contributed by atoms with Crippen LogP contribution in [0.25, 0.3) is 0 Å². The Bertz CT molecular complexity index is 1200. The van der Waals surface area contributed by atoms with E-state index >= 15 is 0 Å². The lowest BCUT2D eigenvalue weighted by atomic mass is 10.1. The van der Waals surface area contributed by atoms with E-state index in [0.717, 1.165) is 27.7 Å². The molecule has 0 saturated carbocycles. The maximum Gasteiger partial charge on any atom is 0.261 e. The maximum absolute atomic E-state index is 12.6. The third kappa shape index (κ3) is 6.51. The summed E-state index contributed by atoms with van der Waals surface area (Å²) in [5, 5.41) is 3.64. The fourth-order valence-electron chi connectivity index (χ4n) is 2.98. The third-order valence-electron chi connectivity index (χ3n) is 4.81. The minimum atomic E-state index is -3.69. The Kier molecular flexibility index (Phi) is 8.23. The molecule has 0 unspecified atom stereocenters. The van der Waals surface area contributed by atoms with Crippen molar-refractivity contribution in [2.45, 2.75) is 24.5 Å². The number of amides is 1. The Labute approximate surface area is 198 Å². The molecule has 0 aliphatic rings. The van der Waals surface area contributed by atoms with Gasteiger partial charge in [-0.15, -0.1) is 0 Å². The highest BCUT2D eigenvalue weighted by atomic mass is 35.5. The van der Waals surface area contributed by atoms with Crippen LogP contribution >= 0.6 is 23.4 Å². The number of benzene rings is 3. The lowest BCUT2D eigenvalue weighted by Crippen LogP contribution is -2.26. The molecule has 2 N–H and O–H groups in total. The van der Waals surface area contributed by atoms with Crippen molar-refractivity contribution in [2.24, 2.45) is 0 Å². The van der Waals surface area contributed by atoms with Crippen LogP contribution in [0, 0.1) is 13.8 Å². The number of aryl methyl sites for hydroxylation is 2. The summed E-state index contributed by atoms with van der Waals surface area (Å²) in [7, 11) is -3.69. The number of sulfonamides is 1. The lowest BCUT2D eigenvalue weighted by Gasteiger charge is -2.12. The highest BCUT2D eigenvalue weighted by Crippen LogP contribution is 2.22. The quantitative estimate of drug-likeness (QED) is 0.394. The molecule has 168 valence electrons. The lowest BCUT2D eigenvalue weighted by molar-refractivity contribution is 0.0956. The average molecular weight is 489 g/mol. The second-order valence-corrected chi connectivity index (χ2v) is 10.5. The van der Waals surface area contributed by atoms with Crippen molar-refractivity contribution >= 4 is 45.0 Å². The van der Waals surface area contributed by atoms with E-state index in [9.17, 15) is 13.2 Å².